The molecule has 0 bridgehead atoms. The Hall–Kier alpha value is -1.96. The van der Waals surface area contributed by atoms with Crippen LogP contribution in [0.5, 0.6) is 0 Å². The number of carboxylic acids is 1. The fourth-order valence-electron chi connectivity index (χ4n) is 2.11. The summed E-state index contributed by atoms with van der Waals surface area (Å²) in [7, 11) is 0. The van der Waals surface area contributed by atoms with Crippen molar-refractivity contribution in [2.24, 2.45) is 0 Å². The first-order valence-electron chi connectivity index (χ1n) is 5.99. The standard InChI is InChI=1S/C11H14N2O6/c14-8-4-1-5(9(15)13-8)12-10(16)6-2-3-7(19-6)11(17)18/h5-7H,1-4H2,(H,12,16)(H,17,18)(H,13,14,15). The fraction of sp³-hybridized carbons (Fsp3) is 0.636. The lowest BCUT2D eigenvalue weighted by atomic mass is 10.1. The Morgan fingerprint density at radius 3 is 2.47 bits per heavy atom. The van der Waals surface area contributed by atoms with Gasteiger partial charge in [-0.15, -0.1) is 0 Å². The molecule has 3 atom stereocenters. The molecular formula is C11H14N2O6. The van der Waals surface area contributed by atoms with Crippen LogP contribution in [0, 0.1) is 0 Å². The first-order chi connectivity index (χ1) is 8.97. The van der Waals surface area contributed by atoms with Crippen molar-refractivity contribution in [3.8, 4) is 0 Å². The molecule has 19 heavy (non-hydrogen) atoms. The monoisotopic (exact) mass is 270 g/mol. The maximum absolute atomic E-state index is 11.8. The first-order valence-corrected chi connectivity index (χ1v) is 5.99. The van der Waals surface area contributed by atoms with E-state index in [1.807, 2.05) is 0 Å². The molecule has 2 heterocycles. The average Bonchev–Trinajstić information content (AvgIpc) is 2.82. The SMILES string of the molecule is O=C1CCC(NC(=O)C2CCC(C(=O)O)O2)C(=O)N1. The molecule has 3 amide bonds. The molecule has 2 aliphatic rings. The van der Waals surface area contributed by atoms with E-state index in [0.29, 0.717) is 6.42 Å². The first kappa shape index (κ1) is 13.5. The van der Waals surface area contributed by atoms with Crippen LogP contribution in [0.15, 0.2) is 0 Å². The minimum atomic E-state index is -1.10. The van der Waals surface area contributed by atoms with Gasteiger partial charge in [0.25, 0.3) is 0 Å². The summed E-state index contributed by atoms with van der Waals surface area (Å²) >= 11 is 0. The second-order valence-corrected chi connectivity index (χ2v) is 4.54. The Bertz CT molecular complexity index is 435. The number of rotatable bonds is 3. The Morgan fingerprint density at radius 2 is 1.89 bits per heavy atom. The highest BCUT2D eigenvalue weighted by atomic mass is 16.5. The molecule has 0 aromatic rings. The average molecular weight is 270 g/mol. The second-order valence-electron chi connectivity index (χ2n) is 4.54. The number of aliphatic carboxylic acids is 1. The Kier molecular flexibility index (Phi) is 3.79. The van der Waals surface area contributed by atoms with E-state index in [0.717, 1.165) is 0 Å². The molecular weight excluding hydrogens is 256 g/mol. The lowest BCUT2D eigenvalue weighted by Crippen LogP contribution is -2.54. The number of ether oxygens (including phenoxy) is 1. The molecule has 3 unspecified atom stereocenters. The molecule has 2 saturated heterocycles. The number of hydrogen-bond donors (Lipinski definition) is 3. The van der Waals surface area contributed by atoms with Crippen LogP contribution in [0.3, 0.4) is 0 Å². The fourth-order valence-corrected chi connectivity index (χ4v) is 2.11. The summed E-state index contributed by atoms with van der Waals surface area (Å²) in [4.78, 5) is 44.9. The minimum absolute atomic E-state index is 0.167. The van der Waals surface area contributed by atoms with E-state index in [1.165, 1.54) is 0 Å². The van der Waals surface area contributed by atoms with Crippen LogP contribution in [0.1, 0.15) is 25.7 Å². The molecule has 2 aliphatic heterocycles. The molecule has 0 radical (unpaired) electrons. The highest BCUT2D eigenvalue weighted by Crippen LogP contribution is 2.20. The molecule has 0 aromatic carbocycles. The molecule has 2 fully saturated rings. The van der Waals surface area contributed by atoms with E-state index in [2.05, 4.69) is 10.6 Å². The normalized spacial score (nSPS) is 30.8. The van der Waals surface area contributed by atoms with E-state index in [4.69, 9.17) is 9.84 Å². The number of amides is 3. The molecule has 8 heteroatoms. The predicted molar refractivity (Wildman–Crippen MR) is 59.8 cm³/mol. The smallest absolute Gasteiger partial charge is 0.332 e. The number of carbonyl (C=O) groups excluding carboxylic acids is 3. The van der Waals surface area contributed by atoms with Crippen LogP contribution in [0.2, 0.25) is 0 Å². The number of carboxylic acid groups (broad SMARTS) is 1. The van der Waals surface area contributed by atoms with E-state index >= 15 is 0 Å². The van der Waals surface area contributed by atoms with Gasteiger partial charge in [0.15, 0.2) is 6.10 Å². The highest BCUT2D eigenvalue weighted by molar-refractivity contribution is 6.02. The van der Waals surface area contributed by atoms with Crippen LogP contribution in [0.4, 0.5) is 0 Å². The summed E-state index contributed by atoms with van der Waals surface area (Å²) in [6.07, 6.45) is -0.853. The Labute approximate surface area is 108 Å². The van der Waals surface area contributed by atoms with E-state index in [-0.39, 0.29) is 25.2 Å². The number of hydrogen-bond acceptors (Lipinski definition) is 5. The van der Waals surface area contributed by atoms with Gasteiger partial charge >= 0.3 is 5.97 Å². The van der Waals surface area contributed by atoms with Gasteiger partial charge in [-0.25, -0.2) is 4.79 Å². The highest BCUT2D eigenvalue weighted by Gasteiger charge is 2.37. The van der Waals surface area contributed by atoms with Gasteiger partial charge in [-0.3, -0.25) is 19.7 Å². The zero-order valence-electron chi connectivity index (χ0n) is 10.0. The molecule has 0 aromatic heterocycles. The van der Waals surface area contributed by atoms with E-state index in [9.17, 15) is 19.2 Å². The lowest BCUT2D eigenvalue weighted by Gasteiger charge is -2.23. The Morgan fingerprint density at radius 1 is 1.21 bits per heavy atom. The molecule has 8 nitrogen and oxygen atoms in total. The third kappa shape index (κ3) is 3.08. The summed E-state index contributed by atoms with van der Waals surface area (Å²) in [6, 6.07) is -0.766. The van der Waals surface area contributed by atoms with Gasteiger partial charge in [-0.2, -0.15) is 0 Å². The maximum Gasteiger partial charge on any atom is 0.332 e. The van der Waals surface area contributed by atoms with Crippen LogP contribution in [-0.2, 0) is 23.9 Å². The predicted octanol–water partition coefficient (Wildman–Crippen LogP) is -1.46. The molecule has 2 rings (SSSR count). The van der Waals surface area contributed by atoms with Crippen molar-refractivity contribution in [2.45, 2.75) is 43.9 Å². The van der Waals surface area contributed by atoms with Gasteiger partial charge < -0.3 is 15.2 Å². The van der Waals surface area contributed by atoms with Crippen molar-refractivity contribution in [3.63, 3.8) is 0 Å². The van der Waals surface area contributed by atoms with Crippen LogP contribution in [0.25, 0.3) is 0 Å². The second kappa shape index (κ2) is 5.35. The van der Waals surface area contributed by atoms with Crippen molar-refractivity contribution >= 4 is 23.7 Å². The van der Waals surface area contributed by atoms with Crippen molar-refractivity contribution in [2.75, 3.05) is 0 Å². The van der Waals surface area contributed by atoms with Gasteiger partial charge in [0.1, 0.15) is 12.1 Å². The molecule has 0 saturated carbocycles. The zero-order valence-corrected chi connectivity index (χ0v) is 10.0. The van der Waals surface area contributed by atoms with E-state index < -0.39 is 36.0 Å². The molecule has 104 valence electrons. The van der Waals surface area contributed by atoms with Crippen LogP contribution in [-0.4, -0.2) is 47.0 Å². The summed E-state index contributed by atoms with van der Waals surface area (Å²) in [5.41, 5.74) is 0. The van der Waals surface area contributed by atoms with E-state index in [1.54, 1.807) is 0 Å². The van der Waals surface area contributed by atoms with Gasteiger partial charge in [0.2, 0.25) is 17.7 Å². The summed E-state index contributed by atoms with van der Waals surface area (Å²) < 4.78 is 5.07. The topological polar surface area (TPSA) is 122 Å². The maximum atomic E-state index is 11.8. The quantitative estimate of drug-likeness (QED) is 0.539. The number of nitrogens with one attached hydrogen (secondary N) is 2. The largest absolute Gasteiger partial charge is 0.479 e. The third-order valence-electron chi connectivity index (χ3n) is 3.14. The zero-order chi connectivity index (χ0) is 14.0. The summed E-state index contributed by atoms with van der Waals surface area (Å²) in [5, 5.41) is 13.3. The van der Waals surface area contributed by atoms with Crippen LogP contribution < -0.4 is 10.6 Å². The van der Waals surface area contributed by atoms with Gasteiger partial charge in [-0.1, -0.05) is 0 Å². The van der Waals surface area contributed by atoms with Crippen molar-refractivity contribution < 1.29 is 29.0 Å². The summed E-state index contributed by atoms with van der Waals surface area (Å²) in [5.74, 6) is -2.52. The Balaban J connectivity index is 1.86. The number of piperidine rings is 1. The minimum Gasteiger partial charge on any atom is -0.479 e. The number of imide groups is 1. The van der Waals surface area contributed by atoms with Crippen LogP contribution >= 0.6 is 0 Å². The molecule has 0 aliphatic carbocycles. The van der Waals surface area contributed by atoms with Crippen molar-refractivity contribution in [3.05, 3.63) is 0 Å². The molecule has 0 spiro atoms. The van der Waals surface area contributed by atoms with Gasteiger partial charge in [0, 0.05) is 6.42 Å². The lowest BCUT2D eigenvalue weighted by molar-refractivity contribution is -0.152. The van der Waals surface area contributed by atoms with Gasteiger partial charge in [0.05, 0.1) is 0 Å². The summed E-state index contributed by atoms with van der Waals surface area (Å²) in [6.45, 7) is 0. The molecule has 3 N–H and O–H groups in total. The van der Waals surface area contributed by atoms with Crippen molar-refractivity contribution in [1.29, 1.82) is 0 Å². The third-order valence-corrected chi connectivity index (χ3v) is 3.14. The van der Waals surface area contributed by atoms with Gasteiger partial charge in [-0.05, 0) is 19.3 Å². The number of carbonyl (C=O) groups is 4. The van der Waals surface area contributed by atoms with Crippen molar-refractivity contribution in [1.82, 2.24) is 10.6 Å².